The number of fused-ring (bicyclic) bond motifs is 1. The van der Waals surface area contributed by atoms with Crippen molar-refractivity contribution in [3.8, 4) is 5.69 Å². The Morgan fingerprint density at radius 3 is 2.41 bits per heavy atom. The molecule has 1 aromatic carbocycles. The fraction of sp³-hybridized carbons (Fsp3) is 0. The second kappa shape index (κ2) is 4.82. The molecule has 0 saturated carbocycles. The van der Waals surface area contributed by atoms with E-state index in [1.54, 1.807) is 0 Å². The molecule has 0 atom stereocenters. The van der Waals surface area contributed by atoms with Crippen molar-refractivity contribution in [2.45, 2.75) is 0 Å². The van der Waals surface area contributed by atoms with E-state index in [4.69, 9.17) is 28.9 Å². The van der Waals surface area contributed by atoms with Crippen molar-refractivity contribution >= 4 is 40.8 Å². The Morgan fingerprint density at radius 2 is 1.73 bits per heavy atom. The van der Waals surface area contributed by atoms with Crippen LogP contribution >= 0.6 is 23.2 Å². The Hall–Kier alpha value is -2.38. The van der Waals surface area contributed by atoms with E-state index in [1.807, 2.05) is 5.32 Å². The summed E-state index contributed by atoms with van der Waals surface area (Å²) < 4.78 is 14.5. The number of nitrogens with zero attached hydrogens (tertiary/aromatic N) is 1. The van der Waals surface area contributed by atoms with E-state index < -0.39 is 23.2 Å². The van der Waals surface area contributed by atoms with Gasteiger partial charge in [-0.05, 0) is 6.07 Å². The number of nitrogen functional groups attached to an aromatic ring is 1. The molecule has 2 aromatic rings. The maximum absolute atomic E-state index is 13.6. The van der Waals surface area contributed by atoms with Crippen molar-refractivity contribution in [2.24, 2.45) is 0 Å². The Balaban J connectivity index is 2.37. The first-order chi connectivity index (χ1) is 10.3. The van der Waals surface area contributed by atoms with E-state index in [0.717, 1.165) is 22.8 Å². The molecule has 3 rings (SSSR count). The predicted octanol–water partition coefficient (Wildman–Crippen LogP) is 1.75. The standard InChI is InChI=1S/C13H6Cl2FN3O3/c14-5-2-6(15)8(3-7(5)16)19-9(20)1-4-10(11(19)17)13(22)18-12(4)21/h1-3H,17H2,(H,18,21,22). The highest BCUT2D eigenvalue weighted by molar-refractivity contribution is 6.36. The van der Waals surface area contributed by atoms with E-state index in [2.05, 4.69) is 0 Å². The number of benzene rings is 1. The van der Waals surface area contributed by atoms with Crippen LogP contribution in [0.4, 0.5) is 10.2 Å². The zero-order chi connectivity index (χ0) is 16.2. The SMILES string of the molecule is Nc1c2c(cc(=O)n1-c1cc(F)c(Cl)cc1Cl)C(=O)NC2=O. The van der Waals surface area contributed by atoms with Gasteiger partial charge in [0, 0.05) is 12.1 Å². The quantitative estimate of drug-likeness (QED) is 0.610. The fourth-order valence-electron chi connectivity index (χ4n) is 2.21. The first kappa shape index (κ1) is 14.6. The number of hydrogen-bond acceptors (Lipinski definition) is 4. The van der Waals surface area contributed by atoms with E-state index in [0.29, 0.717) is 0 Å². The van der Waals surface area contributed by atoms with Gasteiger partial charge in [-0.1, -0.05) is 23.2 Å². The van der Waals surface area contributed by atoms with Gasteiger partial charge in [0.05, 0.1) is 26.9 Å². The van der Waals surface area contributed by atoms with Gasteiger partial charge < -0.3 is 5.73 Å². The summed E-state index contributed by atoms with van der Waals surface area (Å²) in [5.41, 5.74) is 4.71. The van der Waals surface area contributed by atoms with Crippen LogP contribution in [0.25, 0.3) is 5.69 Å². The molecule has 0 saturated heterocycles. The van der Waals surface area contributed by atoms with Crippen molar-refractivity contribution in [3.05, 3.63) is 55.5 Å². The lowest BCUT2D eigenvalue weighted by Gasteiger charge is -2.13. The predicted molar refractivity (Wildman–Crippen MR) is 78.2 cm³/mol. The number of halogens is 3. The first-order valence-corrected chi connectivity index (χ1v) is 6.63. The van der Waals surface area contributed by atoms with Crippen molar-refractivity contribution in [2.75, 3.05) is 5.73 Å². The van der Waals surface area contributed by atoms with Gasteiger partial charge >= 0.3 is 0 Å². The number of carbonyl (C=O) groups is 2. The minimum atomic E-state index is -0.812. The highest BCUT2D eigenvalue weighted by Gasteiger charge is 2.32. The number of nitrogens with two attached hydrogens (primary N) is 1. The molecule has 0 fully saturated rings. The maximum Gasteiger partial charge on any atom is 0.262 e. The van der Waals surface area contributed by atoms with Gasteiger partial charge in [0.25, 0.3) is 17.4 Å². The van der Waals surface area contributed by atoms with Gasteiger partial charge in [0.2, 0.25) is 0 Å². The highest BCUT2D eigenvalue weighted by atomic mass is 35.5. The third-order valence-corrected chi connectivity index (χ3v) is 3.78. The van der Waals surface area contributed by atoms with Crippen LogP contribution in [0.15, 0.2) is 23.0 Å². The minimum Gasteiger partial charge on any atom is -0.384 e. The van der Waals surface area contributed by atoms with Gasteiger partial charge in [-0.2, -0.15) is 0 Å². The number of pyridine rings is 1. The largest absolute Gasteiger partial charge is 0.384 e. The second-order valence-corrected chi connectivity index (χ2v) is 5.31. The van der Waals surface area contributed by atoms with Gasteiger partial charge in [0.15, 0.2) is 0 Å². The highest BCUT2D eigenvalue weighted by Crippen LogP contribution is 2.30. The van der Waals surface area contributed by atoms with Crippen LogP contribution in [0.1, 0.15) is 20.7 Å². The zero-order valence-electron chi connectivity index (χ0n) is 10.6. The Morgan fingerprint density at radius 1 is 1.05 bits per heavy atom. The number of amides is 2. The molecule has 0 unspecified atom stereocenters. The lowest BCUT2D eigenvalue weighted by molar-refractivity contribution is 0.0880. The molecule has 22 heavy (non-hydrogen) atoms. The van der Waals surface area contributed by atoms with Crippen LogP contribution in [-0.4, -0.2) is 16.4 Å². The number of hydrogen-bond donors (Lipinski definition) is 2. The molecule has 1 aliphatic heterocycles. The zero-order valence-corrected chi connectivity index (χ0v) is 12.1. The Bertz CT molecular complexity index is 924. The van der Waals surface area contributed by atoms with E-state index >= 15 is 0 Å². The molecule has 6 nitrogen and oxygen atoms in total. The topological polar surface area (TPSA) is 94.2 Å². The normalized spacial score (nSPS) is 13.2. The summed E-state index contributed by atoms with van der Waals surface area (Å²) in [4.78, 5) is 35.5. The molecule has 2 amide bonds. The van der Waals surface area contributed by atoms with Gasteiger partial charge in [-0.15, -0.1) is 0 Å². The summed E-state index contributed by atoms with van der Waals surface area (Å²) in [5, 5.41) is 1.76. The Labute approximate surface area is 132 Å². The van der Waals surface area contributed by atoms with Crippen molar-refractivity contribution in [1.82, 2.24) is 9.88 Å². The molecule has 2 heterocycles. The van der Waals surface area contributed by atoms with Gasteiger partial charge in [-0.25, -0.2) is 4.39 Å². The van der Waals surface area contributed by atoms with Crippen LogP contribution in [-0.2, 0) is 0 Å². The van der Waals surface area contributed by atoms with Gasteiger partial charge in [-0.3, -0.25) is 24.3 Å². The smallest absolute Gasteiger partial charge is 0.262 e. The lowest BCUT2D eigenvalue weighted by Crippen LogP contribution is -2.24. The summed E-state index contributed by atoms with van der Waals surface area (Å²) in [6.07, 6.45) is 0. The van der Waals surface area contributed by atoms with Crippen LogP contribution < -0.4 is 16.6 Å². The first-order valence-electron chi connectivity index (χ1n) is 5.87. The summed E-state index contributed by atoms with van der Waals surface area (Å²) in [6.45, 7) is 0. The molecule has 0 aliphatic carbocycles. The van der Waals surface area contributed by atoms with E-state index in [9.17, 15) is 18.8 Å². The molecule has 0 bridgehead atoms. The van der Waals surface area contributed by atoms with E-state index in [-0.39, 0.29) is 32.7 Å². The number of aromatic nitrogens is 1. The molecular formula is C13H6Cl2FN3O3. The molecular weight excluding hydrogens is 336 g/mol. The summed E-state index contributed by atoms with van der Waals surface area (Å²) in [6, 6.07) is 2.97. The molecule has 3 N–H and O–H groups in total. The van der Waals surface area contributed by atoms with Crippen molar-refractivity contribution in [3.63, 3.8) is 0 Å². The number of rotatable bonds is 1. The molecule has 9 heteroatoms. The number of imide groups is 1. The van der Waals surface area contributed by atoms with Crippen LogP contribution in [0.2, 0.25) is 10.0 Å². The average Bonchev–Trinajstić information content (AvgIpc) is 2.70. The van der Waals surface area contributed by atoms with E-state index in [1.165, 1.54) is 0 Å². The summed E-state index contributed by atoms with van der Waals surface area (Å²) >= 11 is 11.6. The fourth-order valence-corrected chi connectivity index (χ4v) is 2.68. The maximum atomic E-state index is 13.6. The molecule has 0 radical (unpaired) electrons. The summed E-state index contributed by atoms with van der Waals surface area (Å²) in [5.74, 6) is -2.58. The van der Waals surface area contributed by atoms with Crippen LogP contribution in [0.5, 0.6) is 0 Å². The number of anilines is 1. The third kappa shape index (κ3) is 1.98. The monoisotopic (exact) mass is 341 g/mol. The van der Waals surface area contributed by atoms with Crippen LogP contribution in [0.3, 0.4) is 0 Å². The van der Waals surface area contributed by atoms with Crippen LogP contribution in [0, 0.1) is 5.82 Å². The third-order valence-electron chi connectivity index (χ3n) is 3.18. The second-order valence-electron chi connectivity index (χ2n) is 4.49. The molecule has 112 valence electrons. The minimum absolute atomic E-state index is 0.0371. The Kier molecular flexibility index (Phi) is 3.19. The lowest BCUT2D eigenvalue weighted by atomic mass is 10.1. The average molecular weight is 342 g/mol. The number of nitrogens with one attached hydrogen (secondary N) is 1. The molecule has 1 aliphatic rings. The van der Waals surface area contributed by atoms with Gasteiger partial charge in [0.1, 0.15) is 11.6 Å². The molecule has 1 aromatic heterocycles. The number of carbonyl (C=O) groups excluding carboxylic acids is 2. The summed E-state index contributed by atoms with van der Waals surface area (Å²) in [7, 11) is 0. The van der Waals surface area contributed by atoms with Crippen molar-refractivity contribution < 1.29 is 14.0 Å². The van der Waals surface area contributed by atoms with Crippen molar-refractivity contribution in [1.29, 1.82) is 0 Å². The molecule has 0 spiro atoms.